The van der Waals surface area contributed by atoms with E-state index in [2.05, 4.69) is 49.3 Å². The maximum Gasteiger partial charge on any atom is 0.251 e. The van der Waals surface area contributed by atoms with Gasteiger partial charge in [0.15, 0.2) is 5.65 Å². The van der Waals surface area contributed by atoms with Gasteiger partial charge >= 0.3 is 0 Å². The van der Waals surface area contributed by atoms with E-state index in [-0.39, 0.29) is 5.91 Å². The standard InChI is InChI=1S/C25H22N6OS/c32-25(20-10-8-19(9-11-20)18-5-2-1-3-6-18)26-12-13-31-24-22(16-30-31)23(28-17-29-24)27-15-21-7-4-14-33-21/h1-11,14,16-17H,12-13,15H2,(H,26,32)(H,27,28,29). The lowest BCUT2D eigenvalue weighted by Crippen LogP contribution is -2.27. The summed E-state index contributed by atoms with van der Waals surface area (Å²) >= 11 is 1.70. The van der Waals surface area contributed by atoms with Crippen molar-refractivity contribution in [2.45, 2.75) is 13.1 Å². The minimum atomic E-state index is -0.112. The second kappa shape index (κ2) is 9.62. The fraction of sp³-hybridized carbons (Fsp3) is 0.120. The van der Waals surface area contributed by atoms with E-state index in [0.717, 1.165) is 28.0 Å². The van der Waals surface area contributed by atoms with Gasteiger partial charge in [0.25, 0.3) is 5.91 Å². The number of amides is 1. The largest absolute Gasteiger partial charge is 0.364 e. The van der Waals surface area contributed by atoms with Gasteiger partial charge in [-0.1, -0.05) is 48.5 Å². The summed E-state index contributed by atoms with van der Waals surface area (Å²) in [7, 11) is 0. The summed E-state index contributed by atoms with van der Waals surface area (Å²) in [5, 5.41) is 13.7. The molecule has 0 aliphatic carbocycles. The lowest BCUT2D eigenvalue weighted by molar-refractivity contribution is 0.0952. The summed E-state index contributed by atoms with van der Waals surface area (Å²) in [5.74, 6) is 0.640. The third kappa shape index (κ3) is 4.75. The summed E-state index contributed by atoms with van der Waals surface area (Å²) in [6.07, 6.45) is 3.29. The summed E-state index contributed by atoms with van der Waals surface area (Å²) in [5.41, 5.74) is 3.57. The number of hydrogen-bond donors (Lipinski definition) is 2. The molecule has 2 aromatic carbocycles. The molecule has 0 fully saturated rings. The number of fused-ring (bicyclic) bond motifs is 1. The Morgan fingerprint density at radius 1 is 0.939 bits per heavy atom. The smallest absolute Gasteiger partial charge is 0.251 e. The minimum Gasteiger partial charge on any atom is -0.364 e. The highest BCUT2D eigenvalue weighted by molar-refractivity contribution is 7.09. The number of aromatic nitrogens is 4. The molecule has 5 aromatic rings. The Labute approximate surface area is 195 Å². The molecule has 0 atom stereocenters. The molecular formula is C25H22N6OS. The first-order valence-electron chi connectivity index (χ1n) is 10.6. The molecular weight excluding hydrogens is 432 g/mol. The Bertz CT molecular complexity index is 1350. The highest BCUT2D eigenvalue weighted by Crippen LogP contribution is 2.21. The number of nitrogens with zero attached hydrogens (tertiary/aromatic N) is 4. The number of anilines is 1. The Morgan fingerprint density at radius 2 is 1.76 bits per heavy atom. The van der Waals surface area contributed by atoms with E-state index >= 15 is 0 Å². The number of nitrogens with one attached hydrogen (secondary N) is 2. The van der Waals surface area contributed by atoms with Crippen LogP contribution in [-0.2, 0) is 13.1 Å². The topological polar surface area (TPSA) is 84.7 Å². The van der Waals surface area contributed by atoms with Crippen LogP contribution in [0.15, 0.2) is 84.6 Å². The van der Waals surface area contributed by atoms with Crippen LogP contribution in [0.25, 0.3) is 22.2 Å². The quantitative estimate of drug-likeness (QED) is 0.358. The first-order chi connectivity index (χ1) is 16.3. The van der Waals surface area contributed by atoms with E-state index in [9.17, 15) is 4.79 Å². The van der Waals surface area contributed by atoms with Crippen LogP contribution in [0, 0.1) is 0 Å². The Balaban J connectivity index is 1.19. The van der Waals surface area contributed by atoms with E-state index in [1.165, 1.54) is 11.2 Å². The molecule has 5 rings (SSSR count). The first kappa shape index (κ1) is 20.8. The van der Waals surface area contributed by atoms with Crippen LogP contribution in [0.4, 0.5) is 5.82 Å². The molecule has 164 valence electrons. The highest BCUT2D eigenvalue weighted by Gasteiger charge is 2.11. The van der Waals surface area contributed by atoms with Gasteiger partial charge in [0.1, 0.15) is 12.1 Å². The average molecular weight is 455 g/mol. The molecule has 0 radical (unpaired) electrons. The van der Waals surface area contributed by atoms with Crippen LogP contribution in [0.1, 0.15) is 15.2 Å². The van der Waals surface area contributed by atoms with Crippen molar-refractivity contribution in [1.82, 2.24) is 25.1 Å². The van der Waals surface area contributed by atoms with Crippen LogP contribution < -0.4 is 10.6 Å². The second-order valence-electron chi connectivity index (χ2n) is 7.46. The normalized spacial score (nSPS) is 10.9. The van der Waals surface area contributed by atoms with E-state index in [0.29, 0.717) is 25.2 Å². The molecule has 33 heavy (non-hydrogen) atoms. The van der Waals surface area contributed by atoms with Crippen molar-refractivity contribution in [2.24, 2.45) is 0 Å². The fourth-order valence-electron chi connectivity index (χ4n) is 3.60. The molecule has 8 heteroatoms. The molecule has 0 unspecified atom stereocenters. The molecule has 0 spiro atoms. The van der Waals surface area contributed by atoms with E-state index in [1.54, 1.807) is 22.2 Å². The first-order valence-corrected chi connectivity index (χ1v) is 11.5. The molecule has 3 heterocycles. The molecule has 0 aliphatic rings. The maximum atomic E-state index is 12.6. The number of hydrogen-bond acceptors (Lipinski definition) is 6. The predicted octanol–water partition coefficient (Wildman–Crippen LogP) is 4.60. The monoisotopic (exact) mass is 454 g/mol. The number of rotatable bonds is 8. The van der Waals surface area contributed by atoms with Gasteiger partial charge in [0, 0.05) is 17.0 Å². The highest BCUT2D eigenvalue weighted by atomic mass is 32.1. The molecule has 1 amide bonds. The van der Waals surface area contributed by atoms with Crippen molar-refractivity contribution in [3.05, 3.63) is 95.1 Å². The third-order valence-corrected chi connectivity index (χ3v) is 6.18. The third-order valence-electron chi connectivity index (χ3n) is 5.31. The van der Waals surface area contributed by atoms with Gasteiger partial charge in [-0.3, -0.25) is 4.79 Å². The Kier molecular flexibility index (Phi) is 6.08. The summed E-state index contributed by atoms with van der Waals surface area (Å²) < 4.78 is 1.78. The number of carbonyl (C=O) groups excluding carboxylic acids is 1. The van der Waals surface area contributed by atoms with Crippen LogP contribution in [0.5, 0.6) is 0 Å². The van der Waals surface area contributed by atoms with Gasteiger partial charge in [-0.15, -0.1) is 11.3 Å². The van der Waals surface area contributed by atoms with Gasteiger partial charge in [0.05, 0.1) is 24.7 Å². The summed E-state index contributed by atoms with van der Waals surface area (Å²) in [6.45, 7) is 1.66. The number of thiophene rings is 1. The molecule has 0 saturated heterocycles. The molecule has 3 aromatic heterocycles. The van der Waals surface area contributed by atoms with Crippen molar-refractivity contribution >= 4 is 34.1 Å². The molecule has 0 bridgehead atoms. The van der Waals surface area contributed by atoms with Crippen molar-refractivity contribution in [3.8, 4) is 11.1 Å². The van der Waals surface area contributed by atoms with Gasteiger partial charge in [-0.2, -0.15) is 5.10 Å². The zero-order valence-corrected chi connectivity index (χ0v) is 18.6. The lowest BCUT2D eigenvalue weighted by atomic mass is 10.0. The van der Waals surface area contributed by atoms with Gasteiger partial charge in [0.2, 0.25) is 0 Å². The van der Waals surface area contributed by atoms with Gasteiger partial charge < -0.3 is 10.6 Å². The minimum absolute atomic E-state index is 0.112. The van der Waals surface area contributed by atoms with Crippen molar-refractivity contribution in [1.29, 1.82) is 0 Å². The fourth-order valence-corrected chi connectivity index (χ4v) is 4.25. The molecule has 7 nitrogen and oxygen atoms in total. The van der Waals surface area contributed by atoms with Crippen LogP contribution in [0.3, 0.4) is 0 Å². The van der Waals surface area contributed by atoms with E-state index < -0.39 is 0 Å². The number of carbonyl (C=O) groups is 1. The molecule has 2 N–H and O–H groups in total. The maximum absolute atomic E-state index is 12.6. The van der Waals surface area contributed by atoms with Crippen molar-refractivity contribution in [2.75, 3.05) is 11.9 Å². The van der Waals surface area contributed by atoms with E-state index in [1.807, 2.05) is 48.5 Å². The Morgan fingerprint density at radius 3 is 2.55 bits per heavy atom. The predicted molar refractivity (Wildman–Crippen MR) is 131 cm³/mol. The van der Waals surface area contributed by atoms with Crippen LogP contribution in [0.2, 0.25) is 0 Å². The zero-order valence-electron chi connectivity index (χ0n) is 17.8. The van der Waals surface area contributed by atoms with E-state index in [4.69, 9.17) is 0 Å². The number of benzene rings is 2. The zero-order chi connectivity index (χ0) is 22.5. The average Bonchev–Trinajstić information content (AvgIpc) is 3.54. The van der Waals surface area contributed by atoms with Gasteiger partial charge in [-0.25, -0.2) is 14.6 Å². The van der Waals surface area contributed by atoms with Crippen LogP contribution >= 0.6 is 11.3 Å². The van der Waals surface area contributed by atoms with Crippen molar-refractivity contribution in [3.63, 3.8) is 0 Å². The summed E-state index contributed by atoms with van der Waals surface area (Å²) in [6, 6.07) is 21.8. The van der Waals surface area contributed by atoms with Crippen LogP contribution in [-0.4, -0.2) is 32.2 Å². The Hall–Kier alpha value is -4.04. The SMILES string of the molecule is O=C(NCCn1ncc2c(NCc3cccs3)ncnc21)c1ccc(-c2ccccc2)cc1. The van der Waals surface area contributed by atoms with Crippen molar-refractivity contribution < 1.29 is 4.79 Å². The van der Waals surface area contributed by atoms with Gasteiger partial charge in [-0.05, 0) is 34.7 Å². The molecule has 0 aliphatic heterocycles. The second-order valence-corrected chi connectivity index (χ2v) is 8.49. The lowest BCUT2D eigenvalue weighted by Gasteiger charge is -2.08. The summed E-state index contributed by atoms with van der Waals surface area (Å²) in [4.78, 5) is 22.5. The molecule has 0 saturated carbocycles.